The lowest BCUT2D eigenvalue weighted by Crippen LogP contribution is -2.14. The molecule has 0 aromatic carbocycles. The third-order valence-corrected chi connectivity index (χ3v) is 4.21. The molecule has 1 unspecified atom stereocenters. The highest BCUT2D eigenvalue weighted by Crippen LogP contribution is 2.44. The van der Waals surface area contributed by atoms with Crippen LogP contribution in [0.2, 0.25) is 0 Å². The van der Waals surface area contributed by atoms with E-state index >= 15 is 0 Å². The van der Waals surface area contributed by atoms with Crippen LogP contribution in [0.25, 0.3) is 0 Å². The van der Waals surface area contributed by atoms with Crippen LogP contribution in [0.15, 0.2) is 0 Å². The normalized spacial score (nSPS) is 18.1. The van der Waals surface area contributed by atoms with Gasteiger partial charge in [-0.05, 0) is 33.9 Å². The maximum absolute atomic E-state index is 6.01. The lowest BCUT2D eigenvalue weighted by molar-refractivity contribution is 0.413. The first kappa shape index (κ1) is 12.0. The number of hydrogen-bond donors (Lipinski definition) is 1. The van der Waals surface area contributed by atoms with Gasteiger partial charge in [0, 0.05) is 29.8 Å². The van der Waals surface area contributed by atoms with Crippen LogP contribution in [-0.4, -0.2) is 30.5 Å². The molecule has 16 heavy (non-hydrogen) atoms. The van der Waals surface area contributed by atoms with Gasteiger partial charge in [-0.3, -0.25) is 0 Å². The standard InChI is InChI=1S/C12H21N3S/c1-8(13)12-11(9-4-5-9)14-10(16-12)6-7-15(2)3/h8-9H,4-7,13H2,1-3H3. The predicted octanol–water partition coefficient (Wildman–Crippen LogP) is 2.14. The van der Waals surface area contributed by atoms with Gasteiger partial charge in [0.25, 0.3) is 0 Å². The van der Waals surface area contributed by atoms with Crippen molar-refractivity contribution in [2.24, 2.45) is 5.73 Å². The molecule has 0 aliphatic heterocycles. The van der Waals surface area contributed by atoms with Gasteiger partial charge in [0.15, 0.2) is 0 Å². The molecule has 3 nitrogen and oxygen atoms in total. The zero-order valence-electron chi connectivity index (χ0n) is 10.4. The zero-order valence-corrected chi connectivity index (χ0v) is 11.2. The van der Waals surface area contributed by atoms with E-state index in [4.69, 9.17) is 10.7 Å². The highest BCUT2D eigenvalue weighted by Gasteiger charge is 2.30. The minimum absolute atomic E-state index is 0.140. The molecule has 0 bridgehead atoms. The first-order valence-electron chi connectivity index (χ1n) is 5.97. The molecule has 1 fully saturated rings. The molecule has 2 rings (SSSR count). The highest BCUT2D eigenvalue weighted by atomic mass is 32.1. The van der Waals surface area contributed by atoms with Crippen LogP contribution in [0.5, 0.6) is 0 Å². The smallest absolute Gasteiger partial charge is 0.0944 e. The van der Waals surface area contributed by atoms with Gasteiger partial charge in [0.1, 0.15) is 0 Å². The van der Waals surface area contributed by atoms with Crippen LogP contribution in [0.3, 0.4) is 0 Å². The Morgan fingerprint density at radius 3 is 2.69 bits per heavy atom. The average Bonchev–Trinajstić information content (AvgIpc) is 2.95. The van der Waals surface area contributed by atoms with Gasteiger partial charge in [0.2, 0.25) is 0 Å². The first-order chi connectivity index (χ1) is 7.58. The fourth-order valence-corrected chi connectivity index (χ4v) is 2.89. The second-order valence-corrected chi connectivity index (χ2v) is 6.09. The summed E-state index contributed by atoms with van der Waals surface area (Å²) in [5, 5.41) is 1.25. The molecule has 1 heterocycles. The van der Waals surface area contributed by atoms with E-state index in [0.717, 1.165) is 13.0 Å². The summed E-state index contributed by atoms with van der Waals surface area (Å²) in [5.41, 5.74) is 7.31. The van der Waals surface area contributed by atoms with Gasteiger partial charge in [-0.2, -0.15) is 0 Å². The Morgan fingerprint density at radius 1 is 1.50 bits per heavy atom. The molecule has 4 heteroatoms. The summed E-state index contributed by atoms with van der Waals surface area (Å²) in [6.07, 6.45) is 3.65. The Hall–Kier alpha value is -0.450. The molecule has 90 valence electrons. The molecular formula is C12H21N3S. The topological polar surface area (TPSA) is 42.1 Å². The fourth-order valence-electron chi connectivity index (χ4n) is 1.79. The van der Waals surface area contributed by atoms with E-state index in [-0.39, 0.29) is 6.04 Å². The van der Waals surface area contributed by atoms with Crippen molar-refractivity contribution in [3.05, 3.63) is 15.6 Å². The Bertz CT molecular complexity index is 334. The summed E-state index contributed by atoms with van der Waals surface area (Å²) in [6.45, 7) is 3.13. The number of rotatable bonds is 5. The van der Waals surface area contributed by atoms with Crippen LogP contribution in [0.4, 0.5) is 0 Å². The molecule has 1 aromatic heterocycles. The SMILES string of the molecule is CC(N)c1sc(CCN(C)C)nc1C1CC1. The fraction of sp³-hybridized carbons (Fsp3) is 0.750. The van der Waals surface area contributed by atoms with Crippen LogP contribution in [0, 0.1) is 0 Å². The molecule has 0 saturated heterocycles. The summed E-state index contributed by atoms with van der Waals surface area (Å²) in [6, 6.07) is 0.140. The quantitative estimate of drug-likeness (QED) is 0.856. The molecule has 1 aliphatic rings. The van der Waals surface area contributed by atoms with Gasteiger partial charge >= 0.3 is 0 Å². The summed E-state index contributed by atoms with van der Waals surface area (Å²) in [4.78, 5) is 8.29. The molecule has 2 N–H and O–H groups in total. The van der Waals surface area contributed by atoms with Crippen molar-refractivity contribution in [1.82, 2.24) is 9.88 Å². The van der Waals surface area contributed by atoms with E-state index in [0.29, 0.717) is 5.92 Å². The van der Waals surface area contributed by atoms with Crippen LogP contribution in [-0.2, 0) is 6.42 Å². The van der Waals surface area contributed by atoms with Gasteiger partial charge in [-0.1, -0.05) is 0 Å². The van der Waals surface area contributed by atoms with Crippen LogP contribution >= 0.6 is 11.3 Å². The third-order valence-electron chi connectivity index (χ3n) is 2.88. The minimum Gasteiger partial charge on any atom is -0.323 e. The molecule has 0 radical (unpaired) electrons. The van der Waals surface area contributed by atoms with E-state index in [1.54, 1.807) is 0 Å². The Kier molecular flexibility index (Phi) is 3.62. The Labute approximate surface area is 102 Å². The van der Waals surface area contributed by atoms with Gasteiger partial charge in [-0.25, -0.2) is 4.98 Å². The molecule has 1 atom stereocenters. The second kappa shape index (κ2) is 4.82. The van der Waals surface area contributed by atoms with Crippen molar-refractivity contribution in [2.75, 3.05) is 20.6 Å². The molecule has 0 amide bonds. The number of nitrogens with zero attached hydrogens (tertiary/aromatic N) is 2. The molecule has 0 spiro atoms. The van der Waals surface area contributed by atoms with Crippen molar-refractivity contribution in [3.8, 4) is 0 Å². The number of aromatic nitrogens is 1. The Balaban J connectivity index is 2.11. The van der Waals surface area contributed by atoms with Crippen molar-refractivity contribution < 1.29 is 0 Å². The Morgan fingerprint density at radius 2 is 2.19 bits per heavy atom. The maximum Gasteiger partial charge on any atom is 0.0944 e. The van der Waals surface area contributed by atoms with E-state index < -0.39 is 0 Å². The van der Waals surface area contributed by atoms with Gasteiger partial charge in [-0.15, -0.1) is 11.3 Å². The lowest BCUT2D eigenvalue weighted by Gasteiger charge is -2.06. The van der Waals surface area contributed by atoms with Gasteiger partial charge < -0.3 is 10.6 Å². The number of hydrogen-bond acceptors (Lipinski definition) is 4. The monoisotopic (exact) mass is 239 g/mol. The number of nitrogens with two attached hydrogens (primary N) is 1. The van der Waals surface area contributed by atoms with E-state index in [2.05, 4.69) is 25.9 Å². The van der Waals surface area contributed by atoms with Crippen molar-refractivity contribution >= 4 is 11.3 Å². The summed E-state index contributed by atoms with van der Waals surface area (Å²) < 4.78 is 0. The third kappa shape index (κ3) is 2.81. The van der Waals surface area contributed by atoms with E-state index in [1.807, 2.05) is 11.3 Å². The lowest BCUT2D eigenvalue weighted by atomic mass is 10.2. The zero-order chi connectivity index (χ0) is 11.7. The van der Waals surface area contributed by atoms with Crippen molar-refractivity contribution in [1.29, 1.82) is 0 Å². The predicted molar refractivity (Wildman–Crippen MR) is 68.9 cm³/mol. The molecular weight excluding hydrogens is 218 g/mol. The van der Waals surface area contributed by atoms with Gasteiger partial charge in [0.05, 0.1) is 10.7 Å². The van der Waals surface area contributed by atoms with Crippen LogP contribution in [0.1, 0.15) is 47.3 Å². The molecule has 1 aliphatic carbocycles. The summed E-state index contributed by atoms with van der Waals surface area (Å²) >= 11 is 1.82. The van der Waals surface area contributed by atoms with Crippen molar-refractivity contribution in [3.63, 3.8) is 0 Å². The van der Waals surface area contributed by atoms with Crippen LogP contribution < -0.4 is 5.73 Å². The largest absolute Gasteiger partial charge is 0.323 e. The first-order valence-corrected chi connectivity index (χ1v) is 6.79. The minimum atomic E-state index is 0.140. The number of thiazole rings is 1. The number of likely N-dealkylation sites (N-methyl/N-ethyl adjacent to an activating group) is 1. The van der Waals surface area contributed by atoms with E-state index in [1.165, 1.54) is 28.4 Å². The second-order valence-electron chi connectivity index (χ2n) is 4.97. The summed E-state index contributed by atoms with van der Waals surface area (Å²) in [7, 11) is 4.20. The summed E-state index contributed by atoms with van der Waals surface area (Å²) in [5.74, 6) is 0.713. The average molecular weight is 239 g/mol. The molecule has 1 aromatic rings. The highest BCUT2D eigenvalue weighted by molar-refractivity contribution is 7.11. The molecule has 1 saturated carbocycles. The van der Waals surface area contributed by atoms with Crippen molar-refractivity contribution in [2.45, 2.75) is 38.1 Å². The maximum atomic E-state index is 6.01. The van der Waals surface area contributed by atoms with E-state index in [9.17, 15) is 0 Å².